The van der Waals surface area contributed by atoms with E-state index in [4.69, 9.17) is 13.4 Å². The molecule has 0 radical (unpaired) electrons. The van der Waals surface area contributed by atoms with E-state index in [1.807, 2.05) is 84.9 Å². The fourth-order valence-corrected chi connectivity index (χ4v) is 10.6. The van der Waals surface area contributed by atoms with Gasteiger partial charge in [0.05, 0.1) is 0 Å². The van der Waals surface area contributed by atoms with Gasteiger partial charge < -0.3 is 0 Å². The molecule has 0 aliphatic heterocycles. The first-order valence-corrected chi connectivity index (χ1v) is 18.4. The van der Waals surface area contributed by atoms with Crippen LogP contribution in [0.4, 0.5) is 0 Å². The van der Waals surface area contributed by atoms with Crippen LogP contribution in [0.1, 0.15) is 0 Å². The quantitative estimate of drug-likeness (QED) is 0.138. The van der Waals surface area contributed by atoms with Gasteiger partial charge in [0, 0.05) is 25.8 Å². The molecule has 0 spiro atoms. The molecule has 0 heterocycles. The van der Waals surface area contributed by atoms with Crippen molar-refractivity contribution in [3.8, 4) is 11.5 Å². The van der Waals surface area contributed by atoms with Gasteiger partial charge in [-0.25, -0.2) is 9.05 Å². The van der Waals surface area contributed by atoms with E-state index >= 15 is 0 Å². The average molecular weight is 652 g/mol. The number of benzene rings is 6. The van der Waals surface area contributed by atoms with Crippen LogP contribution in [-0.4, -0.2) is 0 Å². The molecule has 0 atom stereocenters. The van der Waals surface area contributed by atoms with Crippen molar-refractivity contribution in [1.82, 2.24) is 0 Å². The molecule has 0 aliphatic rings. The van der Waals surface area contributed by atoms with Gasteiger partial charge >= 0.3 is 8.25 Å². The lowest BCUT2D eigenvalue weighted by molar-refractivity contribution is 0.415. The van der Waals surface area contributed by atoms with Gasteiger partial charge in [-0.3, -0.25) is 13.4 Å². The Morgan fingerprint density at radius 2 is 0.578 bits per heavy atom. The van der Waals surface area contributed by atoms with E-state index in [1.165, 1.54) is 0 Å². The van der Waals surface area contributed by atoms with Gasteiger partial charge in [-0.2, -0.15) is 0 Å². The van der Waals surface area contributed by atoms with Crippen LogP contribution in [0.15, 0.2) is 182 Å². The highest BCUT2D eigenvalue weighted by molar-refractivity contribution is 7.86. The lowest BCUT2D eigenvalue weighted by Gasteiger charge is -2.26. The Labute approximate surface area is 264 Å². The topological polar surface area (TPSA) is 78.9 Å². The molecule has 0 fully saturated rings. The van der Waals surface area contributed by atoms with E-state index < -0.39 is 23.0 Å². The molecule has 6 aromatic carbocycles. The third-order valence-corrected chi connectivity index (χ3v) is 12.9. The number of hydrogen-bond donors (Lipinski definition) is 0. The van der Waals surface area contributed by atoms with Crippen molar-refractivity contribution in [2.75, 3.05) is 0 Å². The third kappa shape index (κ3) is 8.34. The summed E-state index contributed by atoms with van der Waals surface area (Å²) in [5.41, 5.74) is 0. The van der Waals surface area contributed by atoms with E-state index in [-0.39, 0.29) is 0 Å². The van der Waals surface area contributed by atoms with Gasteiger partial charge in [0.2, 0.25) is 0 Å². The number of hydrogen-bond acceptors (Lipinski definition) is 6. The van der Waals surface area contributed by atoms with Crippen molar-refractivity contribution in [2.45, 2.75) is 0 Å². The van der Waals surface area contributed by atoms with Gasteiger partial charge in [0.15, 0.2) is 11.5 Å². The Kier molecular flexibility index (Phi) is 10.9. The lowest BCUT2D eigenvalue weighted by Crippen LogP contribution is -2.23. The number of rotatable bonds is 10. The van der Waals surface area contributed by atoms with Crippen LogP contribution in [0.2, 0.25) is 0 Å². The standard InChI is InChI=1S/C24H20O3P2.C12H10O3P/c25-28(21-13-5-1-6-14-21,22-15-7-2-8-16-22)27-29(26,23-17-9-3-10-18-23)24-19-11-4-12-20-24;13-16(14-11-7-3-1-4-8-11)15-12-9-5-2-6-10-12/h1-20H;1-10H/q;+1. The minimum absolute atomic E-state index is 0.512. The summed E-state index contributed by atoms with van der Waals surface area (Å²) >= 11 is 0. The normalized spacial score (nSPS) is 11.0. The van der Waals surface area contributed by atoms with Crippen LogP contribution in [0.5, 0.6) is 11.5 Å². The zero-order chi connectivity index (χ0) is 31.4. The highest BCUT2D eigenvalue weighted by atomic mass is 31.2. The monoisotopic (exact) mass is 651 g/mol. The van der Waals surface area contributed by atoms with Crippen LogP contribution in [-0.2, 0) is 18.0 Å². The van der Waals surface area contributed by atoms with Gasteiger partial charge in [0.1, 0.15) is 0 Å². The lowest BCUT2D eigenvalue weighted by atomic mass is 10.3. The van der Waals surface area contributed by atoms with E-state index in [0.717, 1.165) is 0 Å². The Morgan fingerprint density at radius 3 is 0.822 bits per heavy atom. The first kappa shape index (κ1) is 31.9. The summed E-state index contributed by atoms with van der Waals surface area (Å²) in [4.78, 5) is 0. The van der Waals surface area contributed by atoms with Gasteiger partial charge in [0.25, 0.3) is 14.7 Å². The summed E-state index contributed by atoms with van der Waals surface area (Å²) in [7, 11) is -9.46. The van der Waals surface area contributed by atoms with Crippen LogP contribution in [0.25, 0.3) is 0 Å². The van der Waals surface area contributed by atoms with Crippen molar-refractivity contribution < 1.29 is 27.1 Å². The maximum atomic E-state index is 14.4. The summed E-state index contributed by atoms with van der Waals surface area (Å²) in [5.74, 6) is 1.05. The molecule has 0 N–H and O–H groups in total. The molecule has 0 amide bonds. The molecule has 0 bridgehead atoms. The smallest absolute Gasteiger partial charge is 0.282 e. The second kappa shape index (κ2) is 15.4. The second-order valence-electron chi connectivity index (χ2n) is 9.56. The van der Waals surface area contributed by atoms with Crippen LogP contribution < -0.4 is 30.3 Å². The molecule has 6 aromatic rings. The molecule has 0 aliphatic carbocycles. The SMILES string of the molecule is O=P(OP(=O)(c1ccccc1)c1ccccc1)(c1ccccc1)c1ccccc1.O=[P+](Oc1ccccc1)Oc1ccccc1. The summed E-state index contributed by atoms with van der Waals surface area (Å²) in [6, 6.07) is 53.8. The summed E-state index contributed by atoms with van der Waals surface area (Å²) < 4.78 is 56.7. The molecule has 224 valence electrons. The summed E-state index contributed by atoms with van der Waals surface area (Å²) in [5, 5.41) is 2.05. The molecule has 9 heteroatoms. The zero-order valence-corrected chi connectivity index (χ0v) is 26.8. The Hall–Kier alpha value is -4.56. The van der Waals surface area contributed by atoms with Gasteiger partial charge in [-0.05, 0) is 72.8 Å². The molecule has 0 saturated heterocycles. The second-order valence-corrected chi connectivity index (χ2v) is 15.3. The van der Waals surface area contributed by atoms with Crippen LogP contribution >= 0.6 is 23.0 Å². The van der Waals surface area contributed by atoms with Crippen molar-refractivity contribution in [3.05, 3.63) is 182 Å². The maximum absolute atomic E-state index is 14.4. The van der Waals surface area contributed by atoms with Gasteiger partial charge in [-0.1, -0.05) is 109 Å². The van der Waals surface area contributed by atoms with E-state index in [9.17, 15) is 13.7 Å². The Bertz CT molecular complexity index is 1650. The predicted octanol–water partition coefficient (Wildman–Crippen LogP) is 8.66. The zero-order valence-electron chi connectivity index (χ0n) is 24.1. The molecule has 0 saturated carbocycles. The van der Waals surface area contributed by atoms with Crippen molar-refractivity contribution in [1.29, 1.82) is 0 Å². The minimum Gasteiger partial charge on any atom is -0.282 e. The molecule has 6 rings (SSSR count). The molecule has 0 unspecified atom stereocenters. The number of para-hydroxylation sites is 2. The first-order valence-electron chi connectivity index (χ1n) is 14.0. The summed E-state index contributed by atoms with van der Waals surface area (Å²) in [6.45, 7) is 0. The highest BCUT2D eigenvalue weighted by Crippen LogP contribution is 2.61. The average Bonchev–Trinajstić information content (AvgIpc) is 3.11. The highest BCUT2D eigenvalue weighted by Gasteiger charge is 2.40. The predicted molar refractivity (Wildman–Crippen MR) is 182 cm³/mol. The third-order valence-electron chi connectivity index (χ3n) is 6.46. The van der Waals surface area contributed by atoms with E-state index in [2.05, 4.69) is 0 Å². The largest absolute Gasteiger partial charge is 0.805 e. The van der Waals surface area contributed by atoms with Crippen LogP contribution in [0.3, 0.4) is 0 Å². The fourth-order valence-electron chi connectivity index (χ4n) is 4.30. The molecule has 0 aromatic heterocycles. The van der Waals surface area contributed by atoms with Crippen molar-refractivity contribution in [3.63, 3.8) is 0 Å². The summed E-state index contributed by atoms with van der Waals surface area (Å²) in [6.07, 6.45) is 0. The first-order chi connectivity index (χ1) is 22.0. The van der Waals surface area contributed by atoms with Crippen molar-refractivity contribution >= 4 is 44.2 Å². The Morgan fingerprint density at radius 1 is 0.356 bits per heavy atom. The molecular formula is C36H30O6P3+. The van der Waals surface area contributed by atoms with E-state index in [0.29, 0.717) is 32.7 Å². The fraction of sp³-hybridized carbons (Fsp3) is 0. The molecular weight excluding hydrogens is 621 g/mol. The van der Waals surface area contributed by atoms with Crippen LogP contribution in [0, 0.1) is 0 Å². The minimum atomic E-state index is -3.64. The van der Waals surface area contributed by atoms with Gasteiger partial charge in [-0.15, -0.1) is 0 Å². The molecule has 45 heavy (non-hydrogen) atoms. The van der Waals surface area contributed by atoms with E-state index in [1.54, 1.807) is 97.1 Å². The molecule has 6 nitrogen and oxygen atoms in total. The maximum Gasteiger partial charge on any atom is 0.805 e. The van der Waals surface area contributed by atoms with Crippen molar-refractivity contribution in [2.24, 2.45) is 0 Å². The Balaban J connectivity index is 0.000000211.